The lowest BCUT2D eigenvalue weighted by Gasteiger charge is -2.31. The van der Waals surface area contributed by atoms with Crippen LogP contribution in [0.1, 0.15) is 37.3 Å². The van der Waals surface area contributed by atoms with E-state index in [2.05, 4.69) is 14.7 Å². The molecule has 12 heteroatoms. The molecule has 0 aliphatic carbocycles. The highest BCUT2D eigenvalue weighted by molar-refractivity contribution is 7.09. The van der Waals surface area contributed by atoms with Gasteiger partial charge in [0.1, 0.15) is 22.4 Å². The Morgan fingerprint density at radius 1 is 0.976 bits per heavy atom. The van der Waals surface area contributed by atoms with Gasteiger partial charge in [-0.15, -0.1) is 0 Å². The third kappa shape index (κ3) is 5.47. The van der Waals surface area contributed by atoms with Crippen LogP contribution in [0.3, 0.4) is 0 Å². The summed E-state index contributed by atoms with van der Waals surface area (Å²) in [5.41, 5.74) is 13.8. The van der Waals surface area contributed by atoms with Gasteiger partial charge >= 0.3 is 0 Å². The third-order valence-electron chi connectivity index (χ3n) is 6.77. The van der Waals surface area contributed by atoms with E-state index in [4.69, 9.17) is 20.9 Å². The van der Waals surface area contributed by atoms with Crippen molar-refractivity contribution in [3.63, 3.8) is 0 Å². The number of amides is 3. The predicted octanol–water partition coefficient (Wildman–Crippen LogP) is 4.03. The molecule has 0 saturated heterocycles. The molecule has 6 N–H and O–H groups in total. The zero-order valence-corrected chi connectivity index (χ0v) is 23.6. The van der Waals surface area contributed by atoms with E-state index in [-0.39, 0.29) is 22.8 Å². The van der Waals surface area contributed by atoms with Crippen molar-refractivity contribution >= 4 is 51.5 Å². The number of nitrogens with one attached hydrogen (secondary N) is 2. The van der Waals surface area contributed by atoms with E-state index >= 15 is 0 Å². The normalized spacial score (nSPS) is 11.6. The van der Waals surface area contributed by atoms with Crippen LogP contribution in [-0.2, 0) is 11.3 Å². The molecule has 0 fully saturated rings. The largest absolute Gasteiger partial charge is 0.497 e. The number of aromatic nitrogens is 2. The van der Waals surface area contributed by atoms with Crippen LogP contribution in [0.5, 0.6) is 11.5 Å². The zero-order chi connectivity index (χ0) is 29.8. The lowest BCUT2D eigenvalue weighted by molar-refractivity contribution is -0.122. The smallest absolute Gasteiger partial charge is 0.273 e. The lowest BCUT2D eigenvalue weighted by atomic mass is 10.0. The van der Waals surface area contributed by atoms with E-state index in [0.717, 1.165) is 28.0 Å². The molecule has 3 aromatic carbocycles. The SMILES string of the molecule is COc1ccc(CNC(=O)C(c2c[nH]c3ccccc23)N(C(=O)c2snc(C(N)=O)c2N)c2ccc(OC)cc2)cc1. The number of methoxy groups -OCH3 is 2. The number of para-hydroxylation sites is 1. The number of anilines is 2. The molecule has 3 amide bonds. The van der Waals surface area contributed by atoms with Gasteiger partial charge in [-0.1, -0.05) is 30.3 Å². The standard InChI is InChI=1S/C30H28N6O5S/c1-40-19-11-7-17(8-12-19)15-34-29(38)26(22-16-33-23-6-4-3-5-21(22)23)36(18-9-13-20(41-2)14-10-18)30(39)27-24(31)25(28(32)37)35-42-27/h3-14,16,26,33H,15,31H2,1-2H3,(H2,32,37)(H,34,38). The van der Waals surface area contributed by atoms with Crippen LogP contribution < -0.4 is 31.2 Å². The Kier molecular flexibility index (Phi) is 8.07. The number of H-pyrrole nitrogens is 1. The summed E-state index contributed by atoms with van der Waals surface area (Å²) in [7, 11) is 3.11. The van der Waals surface area contributed by atoms with Gasteiger partial charge in [0.2, 0.25) is 5.91 Å². The number of ether oxygens (including phenoxy) is 2. The van der Waals surface area contributed by atoms with Crippen LogP contribution in [0.4, 0.5) is 11.4 Å². The second kappa shape index (κ2) is 12.0. The van der Waals surface area contributed by atoms with Crippen molar-refractivity contribution in [3.05, 3.63) is 101 Å². The van der Waals surface area contributed by atoms with Gasteiger partial charge in [-0.3, -0.25) is 19.3 Å². The number of carbonyl (C=O) groups excluding carboxylic acids is 3. The van der Waals surface area contributed by atoms with Gasteiger partial charge in [0.25, 0.3) is 11.8 Å². The first-order valence-electron chi connectivity index (χ1n) is 12.8. The van der Waals surface area contributed by atoms with Crippen LogP contribution in [0.2, 0.25) is 0 Å². The maximum atomic E-state index is 14.3. The van der Waals surface area contributed by atoms with Crippen molar-refractivity contribution in [1.29, 1.82) is 0 Å². The number of aromatic amines is 1. The molecule has 0 spiro atoms. The van der Waals surface area contributed by atoms with Crippen molar-refractivity contribution < 1.29 is 23.9 Å². The molecule has 1 atom stereocenters. The zero-order valence-electron chi connectivity index (χ0n) is 22.8. The molecule has 214 valence electrons. The maximum Gasteiger partial charge on any atom is 0.273 e. The van der Waals surface area contributed by atoms with E-state index in [1.54, 1.807) is 49.7 Å². The summed E-state index contributed by atoms with van der Waals surface area (Å²) >= 11 is 0.744. The molecule has 1 unspecified atom stereocenters. The number of rotatable bonds is 10. The highest BCUT2D eigenvalue weighted by Crippen LogP contribution is 2.36. The number of nitrogen functional groups attached to an aromatic ring is 1. The number of carbonyl (C=O) groups is 3. The van der Waals surface area contributed by atoms with Gasteiger partial charge in [0.15, 0.2) is 5.69 Å². The minimum absolute atomic E-state index is 0.0209. The molecule has 0 saturated carbocycles. The van der Waals surface area contributed by atoms with Crippen molar-refractivity contribution in [3.8, 4) is 11.5 Å². The number of fused-ring (bicyclic) bond motifs is 1. The van der Waals surface area contributed by atoms with Gasteiger partial charge in [-0.25, -0.2) is 0 Å². The predicted molar refractivity (Wildman–Crippen MR) is 161 cm³/mol. The number of benzene rings is 3. The molecular formula is C30H28N6O5S. The van der Waals surface area contributed by atoms with Crippen LogP contribution in [0, 0.1) is 0 Å². The molecule has 2 heterocycles. The molecule has 42 heavy (non-hydrogen) atoms. The van der Waals surface area contributed by atoms with E-state index in [0.29, 0.717) is 22.7 Å². The number of primary amides is 1. The monoisotopic (exact) mass is 584 g/mol. The first-order chi connectivity index (χ1) is 20.3. The Labute approximate surface area is 245 Å². The van der Waals surface area contributed by atoms with Crippen molar-refractivity contribution in [2.75, 3.05) is 24.9 Å². The second-order valence-corrected chi connectivity index (χ2v) is 10.0. The topological polar surface area (TPSA) is 166 Å². The third-order valence-corrected chi connectivity index (χ3v) is 7.62. The van der Waals surface area contributed by atoms with E-state index < -0.39 is 23.8 Å². The fraction of sp³-hybridized carbons (Fsp3) is 0.133. The molecule has 5 rings (SSSR count). The van der Waals surface area contributed by atoms with E-state index in [1.165, 1.54) is 12.0 Å². The number of hydrogen-bond acceptors (Lipinski definition) is 8. The molecular weight excluding hydrogens is 556 g/mol. The Balaban J connectivity index is 1.63. The van der Waals surface area contributed by atoms with Gasteiger partial charge in [-0.2, -0.15) is 4.37 Å². The summed E-state index contributed by atoms with van der Waals surface area (Å²) in [6, 6.07) is 20.3. The van der Waals surface area contributed by atoms with Crippen molar-refractivity contribution in [2.24, 2.45) is 5.73 Å². The quantitative estimate of drug-likeness (QED) is 0.192. The molecule has 0 aliphatic rings. The minimum Gasteiger partial charge on any atom is -0.497 e. The number of hydrogen-bond donors (Lipinski definition) is 4. The minimum atomic E-state index is -1.15. The van der Waals surface area contributed by atoms with E-state index in [9.17, 15) is 14.4 Å². The number of nitrogens with zero attached hydrogens (tertiary/aromatic N) is 2. The number of nitrogens with two attached hydrogens (primary N) is 2. The van der Waals surface area contributed by atoms with Gasteiger partial charge in [0.05, 0.1) is 19.9 Å². The first kappa shape index (κ1) is 28.2. The summed E-state index contributed by atoms with van der Waals surface area (Å²) in [5, 5.41) is 3.73. The highest BCUT2D eigenvalue weighted by atomic mass is 32.1. The molecule has 2 aromatic heterocycles. The first-order valence-corrected chi connectivity index (χ1v) is 13.6. The highest BCUT2D eigenvalue weighted by Gasteiger charge is 2.37. The summed E-state index contributed by atoms with van der Waals surface area (Å²) in [6.45, 7) is 0.195. The molecule has 11 nitrogen and oxygen atoms in total. The molecule has 5 aromatic rings. The van der Waals surface area contributed by atoms with Crippen LogP contribution in [0.25, 0.3) is 10.9 Å². The Hall–Kier alpha value is -5.36. The van der Waals surface area contributed by atoms with Gasteiger partial charge in [-0.05, 0) is 59.6 Å². The van der Waals surface area contributed by atoms with E-state index in [1.807, 2.05) is 36.4 Å². The average molecular weight is 585 g/mol. The Bertz CT molecular complexity index is 1750. The summed E-state index contributed by atoms with van der Waals surface area (Å²) in [6.07, 6.45) is 1.71. The Morgan fingerprint density at radius 3 is 2.24 bits per heavy atom. The molecule has 0 aliphatic heterocycles. The molecule has 0 bridgehead atoms. The van der Waals surface area contributed by atoms with Crippen LogP contribution in [0.15, 0.2) is 79.0 Å². The van der Waals surface area contributed by atoms with Crippen LogP contribution >= 0.6 is 11.5 Å². The van der Waals surface area contributed by atoms with Gasteiger partial charge < -0.3 is 31.2 Å². The van der Waals surface area contributed by atoms with Crippen LogP contribution in [-0.4, -0.2) is 41.3 Å². The average Bonchev–Trinajstić information content (AvgIpc) is 3.62. The van der Waals surface area contributed by atoms with Gasteiger partial charge in [0, 0.05) is 34.9 Å². The van der Waals surface area contributed by atoms with Crippen molar-refractivity contribution in [1.82, 2.24) is 14.7 Å². The maximum absolute atomic E-state index is 14.3. The Morgan fingerprint density at radius 2 is 1.62 bits per heavy atom. The summed E-state index contributed by atoms with van der Waals surface area (Å²) in [4.78, 5) is 44.9. The summed E-state index contributed by atoms with van der Waals surface area (Å²) < 4.78 is 14.5. The second-order valence-electron chi connectivity index (χ2n) is 9.27. The molecule has 0 radical (unpaired) electrons. The van der Waals surface area contributed by atoms with Crippen molar-refractivity contribution in [2.45, 2.75) is 12.6 Å². The fourth-order valence-corrected chi connectivity index (χ4v) is 5.35. The summed E-state index contributed by atoms with van der Waals surface area (Å²) in [5.74, 6) is -0.678. The fourth-order valence-electron chi connectivity index (χ4n) is 4.61. The lowest BCUT2D eigenvalue weighted by Crippen LogP contribution is -2.44.